The second kappa shape index (κ2) is 5.91. The van der Waals surface area contributed by atoms with Gasteiger partial charge in [-0.1, -0.05) is 20.3 Å². The van der Waals surface area contributed by atoms with Gasteiger partial charge in [0.15, 0.2) is 11.5 Å². The molecule has 2 rings (SSSR count). The van der Waals surface area contributed by atoms with Crippen LogP contribution in [0.15, 0.2) is 18.6 Å². The molecule has 0 saturated carbocycles. The molecule has 0 spiro atoms. The zero-order chi connectivity index (χ0) is 13.8. The second-order valence-corrected chi connectivity index (χ2v) is 4.98. The summed E-state index contributed by atoms with van der Waals surface area (Å²) < 4.78 is 2.00. The van der Waals surface area contributed by atoms with Gasteiger partial charge in [-0.05, 0) is 19.8 Å². The first-order chi connectivity index (χ1) is 9.15. The van der Waals surface area contributed by atoms with E-state index in [0.29, 0.717) is 12.0 Å². The lowest BCUT2D eigenvalue weighted by Crippen LogP contribution is -2.24. The Balaban J connectivity index is 2.31. The SMILES string of the molecule is CCNc1cn2ccnc2c(NC(C)C(C)CC)n1. The molecule has 0 amide bonds. The summed E-state index contributed by atoms with van der Waals surface area (Å²) in [6.07, 6.45) is 6.85. The van der Waals surface area contributed by atoms with Crippen molar-refractivity contribution in [3.05, 3.63) is 18.6 Å². The van der Waals surface area contributed by atoms with Gasteiger partial charge in [-0.3, -0.25) is 0 Å². The summed E-state index contributed by atoms with van der Waals surface area (Å²) in [5, 5.41) is 6.73. The van der Waals surface area contributed by atoms with Crippen molar-refractivity contribution >= 4 is 17.3 Å². The molecule has 2 aromatic heterocycles. The molecule has 0 aliphatic carbocycles. The summed E-state index contributed by atoms with van der Waals surface area (Å²) in [6, 6.07) is 0.370. The van der Waals surface area contributed by atoms with Gasteiger partial charge in [0.2, 0.25) is 0 Å². The van der Waals surface area contributed by atoms with Crippen molar-refractivity contribution in [1.29, 1.82) is 0 Å². The minimum atomic E-state index is 0.370. The fourth-order valence-electron chi connectivity index (χ4n) is 2.01. The van der Waals surface area contributed by atoms with Crippen LogP contribution in [-0.2, 0) is 0 Å². The third-order valence-electron chi connectivity index (χ3n) is 3.59. The van der Waals surface area contributed by atoms with Crippen LogP contribution < -0.4 is 10.6 Å². The van der Waals surface area contributed by atoms with Crippen molar-refractivity contribution in [2.75, 3.05) is 17.2 Å². The molecular formula is C14H23N5. The minimum absolute atomic E-state index is 0.370. The highest BCUT2D eigenvalue weighted by Gasteiger charge is 2.14. The summed E-state index contributed by atoms with van der Waals surface area (Å²) in [4.78, 5) is 8.98. The van der Waals surface area contributed by atoms with Gasteiger partial charge in [-0.15, -0.1) is 0 Å². The van der Waals surface area contributed by atoms with Gasteiger partial charge in [0.1, 0.15) is 5.82 Å². The van der Waals surface area contributed by atoms with Gasteiger partial charge in [0.25, 0.3) is 0 Å². The summed E-state index contributed by atoms with van der Waals surface area (Å²) in [6.45, 7) is 9.56. The molecular weight excluding hydrogens is 238 g/mol. The van der Waals surface area contributed by atoms with Crippen LogP contribution in [-0.4, -0.2) is 27.0 Å². The zero-order valence-electron chi connectivity index (χ0n) is 12.1. The number of hydrogen-bond donors (Lipinski definition) is 2. The van der Waals surface area contributed by atoms with Crippen molar-refractivity contribution in [2.24, 2.45) is 5.92 Å². The van der Waals surface area contributed by atoms with Crippen molar-refractivity contribution in [1.82, 2.24) is 14.4 Å². The molecule has 0 aliphatic rings. The van der Waals surface area contributed by atoms with Crippen molar-refractivity contribution < 1.29 is 0 Å². The molecule has 0 saturated heterocycles. The molecule has 2 heterocycles. The summed E-state index contributed by atoms with van der Waals surface area (Å²) >= 11 is 0. The van der Waals surface area contributed by atoms with Gasteiger partial charge >= 0.3 is 0 Å². The molecule has 0 radical (unpaired) electrons. The van der Waals surface area contributed by atoms with Crippen LogP contribution in [0.1, 0.15) is 34.1 Å². The number of rotatable bonds is 6. The summed E-state index contributed by atoms with van der Waals surface area (Å²) in [5.74, 6) is 2.31. The fourth-order valence-corrected chi connectivity index (χ4v) is 2.01. The predicted octanol–water partition coefficient (Wildman–Crippen LogP) is 3.01. The molecule has 2 unspecified atom stereocenters. The van der Waals surface area contributed by atoms with Crippen LogP contribution in [0.25, 0.3) is 5.65 Å². The molecule has 104 valence electrons. The lowest BCUT2D eigenvalue weighted by molar-refractivity contribution is 0.494. The van der Waals surface area contributed by atoms with Crippen LogP contribution in [0.2, 0.25) is 0 Å². The molecule has 0 aliphatic heterocycles. The van der Waals surface area contributed by atoms with Gasteiger partial charge in [0.05, 0.1) is 6.20 Å². The molecule has 0 aromatic carbocycles. The number of aromatic nitrogens is 3. The third kappa shape index (κ3) is 2.97. The highest BCUT2D eigenvalue weighted by molar-refractivity contribution is 5.65. The number of anilines is 2. The zero-order valence-corrected chi connectivity index (χ0v) is 12.1. The Morgan fingerprint density at radius 2 is 2.11 bits per heavy atom. The van der Waals surface area contributed by atoms with Crippen LogP contribution in [0, 0.1) is 5.92 Å². The maximum atomic E-state index is 4.61. The van der Waals surface area contributed by atoms with Crippen LogP contribution in [0.5, 0.6) is 0 Å². The largest absolute Gasteiger partial charge is 0.369 e. The van der Waals surface area contributed by atoms with E-state index in [4.69, 9.17) is 0 Å². The molecule has 2 N–H and O–H groups in total. The Morgan fingerprint density at radius 3 is 2.79 bits per heavy atom. The number of imidazole rings is 1. The average Bonchev–Trinajstić information content (AvgIpc) is 2.86. The van der Waals surface area contributed by atoms with Crippen LogP contribution in [0.3, 0.4) is 0 Å². The monoisotopic (exact) mass is 261 g/mol. The fraction of sp³-hybridized carbons (Fsp3) is 0.571. The van der Waals surface area contributed by atoms with Crippen molar-refractivity contribution in [3.63, 3.8) is 0 Å². The Morgan fingerprint density at radius 1 is 1.32 bits per heavy atom. The van der Waals surface area contributed by atoms with E-state index in [1.54, 1.807) is 6.20 Å². The Bertz CT molecular complexity index is 534. The number of nitrogens with zero attached hydrogens (tertiary/aromatic N) is 3. The van der Waals surface area contributed by atoms with Gasteiger partial charge in [0, 0.05) is 25.0 Å². The standard InChI is InChI=1S/C14H23N5/c1-5-10(3)11(4)17-13-14-16-7-8-19(14)9-12(18-13)15-6-2/h7-11,15H,5-6H2,1-4H3,(H,17,18). The second-order valence-electron chi connectivity index (χ2n) is 4.98. The van der Waals surface area contributed by atoms with E-state index in [9.17, 15) is 0 Å². The highest BCUT2D eigenvalue weighted by atomic mass is 15.1. The topological polar surface area (TPSA) is 54.2 Å². The third-order valence-corrected chi connectivity index (χ3v) is 3.59. The first kappa shape index (κ1) is 13.6. The highest BCUT2D eigenvalue weighted by Crippen LogP contribution is 2.19. The number of nitrogens with one attached hydrogen (secondary N) is 2. The molecule has 2 aromatic rings. The molecule has 19 heavy (non-hydrogen) atoms. The smallest absolute Gasteiger partial charge is 0.180 e. The van der Waals surface area contributed by atoms with Crippen LogP contribution in [0.4, 0.5) is 11.6 Å². The Hall–Kier alpha value is -1.78. The van der Waals surface area contributed by atoms with E-state index in [1.807, 2.05) is 16.8 Å². The lowest BCUT2D eigenvalue weighted by Gasteiger charge is -2.21. The van der Waals surface area contributed by atoms with E-state index in [1.165, 1.54) is 0 Å². The maximum Gasteiger partial charge on any atom is 0.180 e. The lowest BCUT2D eigenvalue weighted by atomic mass is 10.0. The van der Waals surface area contributed by atoms with Crippen LogP contribution >= 0.6 is 0 Å². The van der Waals surface area contributed by atoms with E-state index in [0.717, 1.165) is 30.2 Å². The first-order valence-corrected chi connectivity index (χ1v) is 6.99. The summed E-state index contributed by atoms with van der Waals surface area (Å²) in [7, 11) is 0. The van der Waals surface area contributed by atoms with Crippen molar-refractivity contribution in [3.8, 4) is 0 Å². The molecule has 0 fully saturated rings. The van der Waals surface area contributed by atoms with E-state index >= 15 is 0 Å². The summed E-state index contributed by atoms with van der Waals surface area (Å²) in [5.41, 5.74) is 0.872. The maximum absolute atomic E-state index is 4.61. The van der Waals surface area contributed by atoms with E-state index < -0.39 is 0 Å². The number of fused-ring (bicyclic) bond motifs is 1. The first-order valence-electron chi connectivity index (χ1n) is 6.99. The quantitative estimate of drug-likeness (QED) is 0.839. The average molecular weight is 261 g/mol. The molecule has 2 atom stereocenters. The van der Waals surface area contributed by atoms with Gasteiger partial charge < -0.3 is 15.0 Å². The molecule has 5 nitrogen and oxygen atoms in total. The van der Waals surface area contributed by atoms with Crippen molar-refractivity contribution in [2.45, 2.75) is 40.2 Å². The van der Waals surface area contributed by atoms with E-state index in [2.05, 4.69) is 48.3 Å². The Labute approximate surface area is 114 Å². The molecule has 0 bridgehead atoms. The Kier molecular flexibility index (Phi) is 4.24. The van der Waals surface area contributed by atoms with E-state index in [-0.39, 0.29) is 0 Å². The number of hydrogen-bond acceptors (Lipinski definition) is 4. The van der Waals surface area contributed by atoms with Gasteiger partial charge in [-0.2, -0.15) is 0 Å². The predicted molar refractivity (Wildman–Crippen MR) is 79.7 cm³/mol. The molecule has 5 heteroatoms. The normalized spacial score (nSPS) is 14.3. The van der Waals surface area contributed by atoms with Gasteiger partial charge in [-0.25, -0.2) is 9.97 Å². The minimum Gasteiger partial charge on any atom is -0.369 e.